The summed E-state index contributed by atoms with van der Waals surface area (Å²) in [6.07, 6.45) is -6.53. The van der Waals surface area contributed by atoms with Crippen LogP contribution in [0.5, 0.6) is 5.75 Å². The number of aliphatic hydroxyl groups is 3. The van der Waals surface area contributed by atoms with Gasteiger partial charge in [-0.1, -0.05) is 48.5 Å². The molecule has 1 amide bonds. The number of halogens is 1. The molecule has 202 valence electrons. The van der Waals surface area contributed by atoms with Crippen LogP contribution >= 0.6 is 0 Å². The van der Waals surface area contributed by atoms with E-state index < -0.39 is 43.5 Å². The predicted octanol–water partition coefficient (Wildman–Crippen LogP) is 2.76. The van der Waals surface area contributed by atoms with Crippen molar-refractivity contribution in [3.8, 4) is 16.9 Å². The van der Waals surface area contributed by atoms with Gasteiger partial charge in [0.25, 0.3) is 5.91 Å². The Kier molecular flexibility index (Phi) is 8.76. The van der Waals surface area contributed by atoms with E-state index in [2.05, 4.69) is 5.32 Å². The molecule has 9 heteroatoms. The summed E-state index contributed by atoms with van der Waals surface area (Å²) in [5.41, 5.74) is 0.950. The molecule has 0 aliphatic carbocycles. The highest BCUT2D eigenvalue weighted by Crippen LogP contribution is 2.37. The number of aliphatic hydroxyl groups excluding tert-OH is 3. The minimum absolute atomic E-state index is 0.0777. The molecule has 1 saturated heterocycles. The van der Waals surface area contributed by atoms with Crippen LogP contribution in [-0.4, -0.2) is 71.8 Å². The van der Waals surface area contributed by atoms with Gasteiger partial charge in [-0.05, 0) is 53.4 Å². The van der Waals surface area contributed by atoms with Gasteiger partial charge < -0.3 is 34.8 Å². The Morgan fingerprint density at radius 2 is 1.79 bits per heavy atom. The SMILES string of the molecule is CNC(=O)c1cccc(-c2ccc(O[C@H]3O[C@H](CO)[C@@H](O)[C@H](O)[C@@]3(F)COCc3ccccc3)c(C)c2)c1. The zero-order valence-corrected chi connectivity index (χ0v) is 21.2. The summed E-state index contributed by atoms with van der Waals surface area (Å²) >= 11 is 0. The van der Waals surface area contributed by atoms with E-state index in [0.717, 1.165) is 16.7 Å². The van der Waals surface area contributed by atoms with Crippen molar-refractivity contribution in [3.63, 3.8) is 0 Å². The van der Waals surface area contributed by atoms with Crippen molar-refractivity contribution in [2.24, 2.45) is 0 Å². The Hall–Kier alpha value is -3.34. The molecule has 4 rings (SSSR count). The van der Waals surface area contributed by atoms with Gasteiger partial charge in [-0.3, -0.25) is 4.79 Å². The van der Waals surface area contributed by atoms with Gasteiger partial charge in [0.15, 0.2) is 0 Å². The molecular formula is C29H32FNO7. The third-order valence-corrected chi connectivity index (χ3v) is 6.60. The molecule has 5 atom stereocenters. The molecule has 3 aromatic carbocycles. The van der Waals surface area contributed by atoms with E-state index in [-0.39, 0.29) is 18.3 Å². The van der Waals surface area contributed by atoms with Crippen LogP contribution in [0.15, 0.2) is 72.8 Å². The molecule has 3 aromatic rings. The Balaban J connectivity index is 1.56. The molecule has 0 aromatic heterocycles. The molecule has 4 N–H and O–H groups in total. The molecule has 1 heterocycles. The highest BCUT2D eigenvalue weighted by Gasteiger charge is 2.58. The van der Waals surface area contributed by atoms with Crippen LogP contribution < -0.4 is 10.1 Å². The number of rotatable bonds is 9. The van der Waals surface area contributed by atoms with Crippen molar-refractivity contribution >= 4 is 5.91 Å². The lowest BCUT2D eigenvalue weighted by Crippen LogP contribution is -2.67. The fourth-order valence-electron chi connectivity index (χ4n) is 4.37. The molecule has 0 bridgehead atoms. The summed E-state index contributed by atoms with van der Waals surface area (Å²) in [5.74, 6) is 0.0810. The maximum Gasteiger partial charge on any atom is 0.251 e. The zero-order valence-electron chi connectivity index (χ0n) is 21.2. The molecule has 0 saturated carbocycles. The molecule has 1 aliphatic rings. The van der Waals surface area contributed by atoms with Gasteiger partial charge >= 0.3 is 0 Å². The average Bonchev–Trinajstić information content (AvgIpc) is 2.94. The lowest BCUT2D eigenvalue weighted by molar-refractivity contribution is -0.309. The van der Waals surface area contributed by atoms with E-state index in [0.29, 0.717) is 11.1 Å². The van der Waals surface area contributed by atoms with Crippen LogP contribution in [0.4, 0.5) is 4.39 Å². The number of hydrogen-bond acceptors (Lipinski definition) is 7. The standard InChI is InChI=1S/C29H32FNO7/c1-18-13-21(20-9-6-10-22(14-20)27(35)31-2)11-12-23(18)37-28-29(30,26(34)25(33)24(15-32)38-28)17-36-16-19-7-4-3-5-8-19/h3-14,24-26,28,32-34H,15-17H2,1-2H3,(H,31,35)/t24-,25-,26+,28+,29+/m1/s1. The first-order chi connectivity index (χ1) is 18.3. The third kappa shape index (κ3) is 5.87. The number of amides is 1. The normalized spacial score (nSPS) is 25.1. The minimum Gasteiger partial charge on any atom is -0.461 e. The lowest BCUT2D eigenvalue weighted by atomic mass is 9.88. The summed E-state index contributed by atoms with van der Waals surface area (Å²) in [7, 11) is 1.56. The van der Waals surface area contributed by atoms with Crippen molar-refractivity contribution in [2.45, 2.75) is 43.8 Å². The maximum absolute atomic E-state index is 16.3. The molecule has 38 heavy (non-hydrogen) atoms. The van der Waals surface area contributed by atoms with Crippen LogP contribution in [0.3, 0.4) is 0 Å². The van der Waals surface area contributed by atoms with Crippen molar-refractivity contribution in [3.05, 3.63) is 89.5 Å². The number of carbonyl (C=O) groups excluding carboxylic acids is 1. The van der Waals surface area contributed by atoms with E-state index in [9.17, 15) is 20.1 Å². The number of hydrogen-bond donors (Lipinski definition) is 4. The summed E-state index contributed by atoms with van der Waals surface area (Å²) in [4.78, 5) is 12.0. The van der Waals surface area contributed by atoms with Gasteiger partial charge in [0.1, 0.15) is 24.1 Å². The van der Waals surface area contributed by atoms with E-state index >= 15 is 4.39 Å². The highest BCUT2D eigenvalue weighted by molar-refractivity contribution is 5.95. The van der Waals surface area contributed by atoms with Crippen molar-refractivity contribution in [2.75, 3.05) is 20.3 Å². The smallest absolute Gasteiger partial charge is 0.251 e. The van der Waals surface area contributed by atoms with Gasteiger partial charge in [-0.15, -0.1) is 0 Å². The van der Waals surface area contributed by atoms with Crippen molar-refractivity contribution in [1.29, 1.82) is 0 Å². The zero-order chi connectivity index (χ0) is 27.3. The number of benzene rings is 3. The van der Waals surface area contributed by atoms with E-state index in [4.69, 9.17) is 14.2 Å². The Morgan fingerprint density at radius 1 is 1.05 bits per heavy atom. The second-order valence-electron chi connectivity index (χ2n) is 9.29. The van der Waals surface area contributed by atoms with Gasteiger partial charge in [0.2, 0.25) is 12.0 Å². The number of ether oxygens (including phenoxy) is 3. The minimum atomic E-state index is -2.63. The van der Waals surface area contributed by atoms with Crippen LogP contribution in [-0.2, 0) is 16.1 Å². The number of nitrogens with one attached hydrogen (secondary N) is 1. The molecule has 0 unspecified atom stereocenters. The van der Waals surface area contributed by atoms with Crippen LogP contribution in [0.25, 0.3) is 11.1 Å². The number of carbonyl (C=O) groups is 1. The molecule has 1 aliphatic heterocycles. The largest absolute Gasteiger partial charge is 0.461 e. The lowest BCUT2D eigenvalue weighted by Gasteiger charge is -2.45. The predicted molar refractivity (Wildman–Crippen MR) is 138 cm³/mol. The maximum atomic E-state index is 16.3. The van der Waals surface area contributed by atoms with Gasteiger partial charge in [-0.2, -0.15) is 0 Å². The summed E-state index contributed by atoms with van der Waals surface area (Å²) in [6.45, 7) is 0.587. The summed E-state index contributed by atoms with van der Waals surface area (Å²) < 4.78 is 33.4. The van der Waals surface area contributed by atoms with E-state index in [1.165, 1.54) is 0 Å². The third-order valence-electron chi connectivity index (χ3n) is 6.60. The van der Waals surface area contributed by atoms with Crippen molar-refractivity contribution < 1.29 is 38.7 Å². The van der Waals surface area contributed by atoms with E-state index in [1.54, 1.807) is 44.3 Å². The first kappa shape index (κ1) is 27.7. The van der Waals surface area contributed by atoms with Gasteiger partial charge in [0, 0.05) is 12.6 Å². The van der Waals surface area contributed by atoms with Gasteiger partial charge in [-0.25, -0.2) is 4.39 Å². The molecule has 0 spiro atoms. The van der Waals surface area contributed by atoms with Crippen LogP contribution in [0.2, 0.25) is 0 Å². The van der Waals surface area contributed by atoms with Crippen LogP contribution in [0, 0.1) is 6.92 Å². The monoisotopic (exact) mass is 525 g/mol. The van der Waals surface area contributed by atoms with Crippen LogP contribution in [0.1, 0.15) is 21.5 Å². The first-order valence-electron chi connectivity index (χ1n) is 12.3. The fourth-order valence-corrected chi connectivity index (χ4v) is 4.37. The average molecular weight is 526 g/mol. The molecule has 0 radical (unpaired) electrons. The second kappa shape index (κ2) is 12.0. The highest BCUT2D eigenvalue weighted by atomic mass is 19.1. The summed E-state index contributed by atoms with van der Waals surface area (Å²) in [5, 5.41) is 33.3. The quantitative estimate of drug-likeness (QED) is 0.339. The first-order valence-corrected chi connectivity index (χ1v) is 12.3. The number of aryl methyl sites for hydroxylation is 1. The Morgan fingerprint density at radius 3 is 2.47 bits per heavy atom. The topological polar surface area (TPSA) is 117 Å². The van der Waals surface area contributed by atoms with E-state index in [1.807, 2.05) is 42.5 Å². The Bertz CT molecular complexity index is 1240. The van der Waals surface area contributed by atoms with Gasteiger partial charge in [0.05, 0.1) is 19.8 Å². The molecule has 8 nitrogen and oxygen atoms in total. The molecular weight excluding hydrogens is 493 g/mol. The number of alkyl halides is 1. The summed E-state index contributed by atoms with van der Waals surface area (Å²) in [6, 6.07) is 21.5. The fraction of sp³-hybridized carbons (Fsp3) is 0.345. The Labute approximate surface area is 220 Å². The van der Waals surface area contributed by atoms with Crippen molar-refractivity contribution in [1.82, 2.24) is 5.32 Å². The molecule has 1 fully saturated rings. The second-order valence-corrected chi connectivity index (χ2v) is 9.29.